The zero-order valence-corrected chi connectivity index (χ0v) is 10.0. The van der Waals surface area contributed by atoms with Gasteiger partial charge in [0.25, 0.3) is 0 Å². The van der Waals surface area contributed by atoms with Gasteiger partial charge in [-0.1, -0.05) is 13.8 Å². The Morgan fingerprint density at radius 3 is 1.69 bits per heavy atom. The van der Waals surface area contributed by atoms with Crippen molar-refractivity contribution < 1.29 is 30.0 Å². The summed E-state index contributed by atoms with van der Waals surface area (Å²) in [5.41, 5.74) is -5.72. The number of halogens is 3. The van der Waals surface area contributed by atoms with Gasteiger partial charge in [-0.2, -0.15) is 13.2 Å². The van der Waals surface area contributed by atoms with Gasteiger partial charge in [0.1, 0.15) is 10.2 Å². The molecule has 98 valence electrons. The first kappa shape index (κ1) is 15.6. The highest BCUT2D eigenvalue weighted by Gasteiger charge is 2.40. The summed E-state index contributed by atoms with van der Waals surface area (Å²) in [6, 6.07) is 0. The summed E-state index contributed by atoms with van der Waals surface area (Å²) in [6.45, 7) is 2.35. The highest BCUT2D eigenvalue weighted by molar-refractivity contribution is 8.11. The molecule has 0 rings (SSSR count). The predicted octanol–water partition coefficient (Wildman–Crippen LogP) is 0.796. The van der Waals surface area contributed by atoms with Crippen molar-refractivity contribution in [1.29, 1.82) is 0 Å². The third-order valence-corrected chi connectivity index (χ3v) is 4.81. The number of nitrogens with zero attached hydrogens (tertiary/aromatic N) is 2. The van der Waals surface area contributed by atoms with Gasteiger partial charge in [0.2, 0.25) is 0 Å². The molecule has 0 saturated carbocycles. The molecule has 0 aromatic heterocycles. The minimum atomic E-state index is -6.03. The van der Waals surface area contributed by atoms with Gasteiger partial charge in [0, 0.05) is 13.1 Å². The summed E-state index contributed by atoms with van der Waals surface area (Å²) < 4.78 is 81.3. The highest BCUT2D eigenvalue weighted by Crippen LogP contribution is 2.30. The fourth-order valence-electron chi connectivity index (χ4n) is 0.763. The zero-order chi connectivity index (χ0) is 13.2. The van der Waals surface area contributed by atoms with E-state index in [-0.39, 0.29) is 13.1 Å². The summed E-state index contributed by atoms with van der Waals surface area (Å²) in [5.74, 6) is 0. The molecule has 0 radical (unpaired) electrons. The molecule has 0 aliphatic heterocycles. The molecule has 0 atom stereocenters. The van der Waals surface area contributed by atoms with E-state index in [9.17, 15) is 30.0 Å². The van der Waals surface area contributed by atoms with Crippen LogP contribution in [0.4, 0.5) is 13.2 Å². The topological polar surface area (TPSA) is 85.6 Å². The SMILES string of the molecule is CCN(CC)S(=O)(=O)[N-]S(=O)(=O)C(F)(F)F. The third kappa shape index (κ3) is 3.57. The molecule has 0 N–H and O–H groups in total. The zero-order valence-electron chi connectivity index (χ0n) is 8.39. The van der Waals surface area contributed by atoms with Gasteiger partial charge in [0.15, 0.2) is 10.0 Å². The predicted molar refractivity (Wildman–Crippen MR) is 50.2 cm³/mol. The lowest BCUT2D eigenvalue weighted by molar-refractivity contribution is -0.0425. The van der Waals surface area contributed by atoms with Gasteiger partial charge in [-0.3, -0.25) is 0 Å². The Hall–Kier alpha value is -0.390. The standard InChI is InChI=1S/C5H10F3N2O4S2/c1-3-10(4-2)16(13,14)9-15(11,12)5(6,7)8/h3-4H2,1-2H3/q-1. The van der Waals surface area contributed by atoms with Crippen LogP contribution < -0.4 is 0 Å². The van der Waals surface area contributed by atoms with Crippen molar-refractivity contribution in [1.82, 2.24) is 4.31 Å². The number of hydrogen-bond donors (Lipinski definition) is 0. The Bertz CT molecular complexity index is 423. The van der Waals surface area contributed by atoms with Crippen LogP contribution >= 0.6 is 0 Å². The second-order valence-corrected chi connectivity index (χ2v) is 5.98. The second-order valence-electron chi connectivity index (χ2n) is 2.56. The molecule has 0 heterocycles. The maximum Gasteiger partial charge on any atom is 0.480 e. The largest absolute Gasteiger partial charge is 0.480 e. The molecule has 16 heavy (non-hydrogen) atoms. The molecule has 11 heteroatoms. The van der Waals surface area contributed by atoms with Crippen molar-refractivity contribution in [3.05, 3.63) is 4.13 Å². The quantitative estimate of drug-likeness (QED) is 0.746. The monoisotopic (exact) mass is 283 g/mol. The van der Waals surface area contributed by atoms with Crippen molar-refractivity contribution in [2.75, 3.05) is 13.1 Å². The average molecular weight is 283 g/mol. The lowest BCUT2D eigenvalue weighted by atomic mass is 10.7. The van der Waals surface area contributed by atoms with E-state index in [0.29, 0.717) is 4.31 Å². The maximum absolute atomic E-state index is 11.9. The normalized spacial score (nSPS) is 14.4. The molecular weight excluding hydrogens is 273 g/mol. The Kier molecular flexibility index (Phi) is 4.74. The van der Waals surface area contributed by atoms with E-state index in [1.807, 2.05) is 4.13 Å². The van der Waals surface area contributed by atoms with Gasteiger partial charge in [-0.25, -0.2) is 21.1 Å². The third-order valence-electron chi connectivity index (χ3n) is 1.52. The van der Waals surface area contributed by atoms with Crippen LogP contribution in [0.15, 0.2) is 0 Å². The van der Waals surface area contributed by atoms with E-state index < -0.39 is 25.7 Å². The minimum absolute atomic E-state index is 0.171. The molecule has 0 aliphatic carbocycles. The van der Waals surface area contributed by atoms with Crippen LogP contribution in [0.2, 0.25) is 0 Å². The maximum atomic E-state index is 11.9. The molecular formula is C5H10F3N2O4S2-. The van der Waals surface area contributed by atoms with Crippen molar-refractivity contribution in [2.45, 2.75) is 19.4 Å². The first-order valence-electron chi connectivity index (χ1n) is 4.03. The van der Waals surface area contributed by atoms with Gasteiger partial charge >= 0.3 is 5.51 Å². The van der Waals surface area contributed by atoms with Crippen LogP contribution in [0.25, 0.3) is 4.13 Å². The molecule has 0 aromatic rings. The molecule has 0 unspecified atom stereocenters. The van der Waals surface area contributed by atoms with Gasteiger partial charge in [-0.05, 0) is 0 Å². The lowest BCUT2D eigenvalue weighted by Gasteiger charge is -2.29. The molecule has 0 amide bonds. The number of hydrogen-bond acceptors (Lipinski definition) is 4. The fourth-order valence-corrected chi connectivity index (χ4v) is 3.12. The van der Waals surface area contributed by atoms with Crippen molar-refractivity contribution in [3.63, 3.8) is 0 Å². The first-order valence-corrected chi connectivity index (χ1v) is 6.87. The van der Waals surface area contributed by atoms with Crippen LogP contribution in [-0.4, -0.2) is 39.7 Å². The van der Waals surface area contributed by atoms with Crippen LogP contribution in [0.3, 0.4) is 0 Å². The van der Waals surface area contributed by atoms with Gasteiger partial charge in [-0.15, -0.1) is 0 Å². The van der Waals surface area contributed by atoms with E-state index in [2.05, 4.69) is 0 Å². The Morgan fingerprint density at radius 1 is 1.06 bits per heavy atom. The summed E-state index contributed by atoms with van der Waals surface area (Å²) >= 11 is 0. The highest BCUT2D eigenvalue weighted by atomic mass is 32.3. The molecule has 0 bridgehead atoms. The Morgan fingerprint density at radius 2 is 1.44 bits per heavy atom. The second kappa shape index (κ2) is 4.85. The van der Waals surface area contributed by atoms with Crippen LogP contribution in [-0.2, 0) is 20.2 Å². The first-order chi connectivity index (χ1) is 6.98. The van der Waals surface area contributed by atoms with Gasteiger partial charge < -0.3 is 4.13 Å². The molecule has 6 nitrogen and oxygen atoms in total. The molecule has 0 fully saturated rings. The van der Waals surface area contributed by atoms with Crippen LogP contribution in [0.5, 0.6) is 0 Å². The molecule has 0 spiro atoms. The molecule has 0 aromatic carbocycles. The number of sulfonamides is 1. The van der Waals surface area contributed by atoms with Crippen molar-refractivity contribution in [2.24, 2.45) is 0 Å². The smallest absolute Gasteiger partial charge is 0.415 e. The fraction of sp³-hybridized carbons (Fsp3) is 1.00. The van der Waals surface area contributed by atoms with E-state index in [1.165, 1.54) is 13.8 Å². The minimum Gasteiger partial charge on any atom is -0.415 e. The summed E-state index contributed by atoms with van der Waals surface area (Å²) in [6.07, 6.45) is 0. The number of rotatable bonds is 5. The van der Waals surface area contributed by atoms with Gasteiger partial charge in [0.05, 0.1) is 0 Å². The van der Waals surface area contributed by atoms with E-state index in [1.54, 1.807) is 0 Å². The molecule has 0 saturated heterocycles. The average Bonchev–Trinajstić information content (AvgIpc) is 2.00. The van der Waals surface area contributed by atoms with E-state index in [4.69, 9.17) is 0 Å². The van der Waals surface area contributed by atoms with Crippen LogP contribution in [0, 0.1) is 0 Å². The Balaban J connectivity index is 5.16. The van der Waals surface area contributed by atoms with Crippen molar-refractivity contribution >= 4 is 20.2 Å². The van der Waals surface area contributed by atoms with Crippen LogP contribution in [0.1, 0.15) is 13.8 Å². The van der Waals surface area contributed by atoms with E-state index in [0.717, 1.165) is 0 Å². The summed E-state index contributed by atoms with van der Waals surface area (Å²) in [4.78, 5) is 0. The summed E-state index contributed by atoms with van der Waals surface area (Å²) in [7, 11) is -10.8. The lowest BCUT2D eigenvalue weighted by Crippen LogP contribution is -2.34. The molecule has 0 aliphatic rings. The number of alkyl halides is 3. The Labute approximate surface area is 91.7 Å². The summed E-state index contributed by atoms with van der Waals surface area (Å²) in [5, 5.41) is 0. The van der Waals surface area contributed by atoms with E-state index >= 15 is 0 Å². The van der Waals surface area contributed by atoms with Crippen molar-refractivity contribution in [3.8, 4) is 0 Å².